The number of rotatable bonds is 5. The maximum absolute atomic E-state index is 5.64. The van der Waals surface area contributed by atoms with Crippen LogP contribution in [0.4, 0.5) is 11.5 Å². The number of nitrogens with one attached hydrogen (secondary N) is 1. The first-order chi connectivity index (χ1) is 10.2. The molecule has 3 rings (SSSR count). The summed E-state index contributed by atoms with van der Waals surface area (Å²) >= 11 is 1.67. The normalized spacial score (nSPS) is 10.7. The molecule has 21 heavy (non-hydrogen) atoms. The molecule has 108 valence electrons. The lowest BCUT2D eigenvalue weighted by molar-refractivity contribution is 0.333. The highest BCUT2D eigenvalue weighted by Crippen LogP contribution is 2.27. The number of benzene rings is 1. The predicted molar refractivity (Wildman–Crippen MR) is 87.0 cm³/mol. The highest BCUT2D eigenvalue weighted by atomic mass is 32.1. The number of ether oxygens (including phenoxy) is 1. The van der Waals surface area contributed by atoms with Crippen LogP contribution in [-0.2, 0) is 0 Å². The Morgan fingerprint density at radius 1 is 1.24 bits per heavy atom. The largest absolute Gasteiger partial charge is 0.492 e. The van der Waals surface area contributed by atoms with E-state index in [1.165, 1.54) is 4.88 Å². The van der Waals surface area contributed by atoms with E-state index in [0.29, 0.717) is 13.2 Å². The summed E-state index contributed by atoms with van der Waals surface area (Å²) in [5.74, 6) is 1.66. The summed E-state index contributed by atoms with van der Waals surface area (Å²) in [5, 5.41) is 4.35. The van der Waals surface area contributed by atoms with Gasteiger partial charge in [-0.25, -0.2) is 9.97 Å². The number of anilines is 2. The minimum Gasteiger partial charge on any atom is -0.492 e. The van der Waals surface area contributed by atoms with Crippen LogP contribution < -0.4 is 15.8 Å². The second kappa shape index (κ2) is 5.97. The number of aryl methyl sites for hydroxylation is 1. The first kappa shape index (κ1) is 13.6. The number of nitrogens with zero attached hydrogens (tertiary/aromatic N) is 2. The fraction of sp³-hybridized carbons (Fsp3) is 0.200. The molecule has 1 aromatic carbocycles. The van der Waals surface area contributed by atoms with E-state index in [-0.39, 0.29) is 0 Å². The van der Waals surface area contributed by atoms with E-state index in [1.54, 1.807) is 17.7 Å². The third kappa shape index (κ3) is 3.22. The van der Waals surface area contributed by atoms with Gasteiger partial charge in [0.05, 0.1) is 11.9 Å². The number of thiophene rings is 1. The fourth-order valence-corrected chi connectivity index (χ4v) is 2.87. The summed E-state index contributed by atoms with van der Waals surface area (Å²) in [6, 6.07) is 9.47. The van der Waals surface area contributed by atoms with Gasteiger partial charge < -0.3 is 15.8 Å². The Kier molecular flexibility index (Phi) is 3.87. The Morgan fingerprint density at radius 2 is 2.05 bits per heavy atom. The van der Waals surface area contributed by atoms with E-state index in [4.69, 9.17) is 10.5 Å². The van der Waals surface area contributed by atoms with Gasteiger partial charge in [-0.2, -0.15) is 0 Å². The van der Waals surface area contributed by atoms with Crippen LogP contribution >= 0.6 is 11.3 Å². The van der Waals surface area contributed by atoms with Gasteiger partial charge in [0.25, 0.3) is 0 Å². The number of nitrogen functional groups attached to an aromatic ring is 1. The molecule has 0 fully saturated rings. The molecule has 0 spiro atoms. The molecular formula is C15H16N4OS. The van der Waals surface area contributed by atoms with Crippen molar-refractivity contribution >= 4 is 33.1 Å². The number of hydrogen-bond donors (Lipinski definition) is 2. The molecule has 3 N–H and O–H groups in total. The van der Waals surface area contributed by atoms with Crippen molar-refractivity contribution < 1.29 is 4.74 Å². The van der Waals surface area contributed by atoms with Crippen LogP contribution in [0.3, 0.4) is 0 Å². The van der Waals surface area contributed by atoms with Gasteiger partial charge in [0.1, 0.15) is 29.3 Å². The number of hydrogen-bond acceptors (Lipinski definition) is 6. The summed E-state index contributed by atoms with van der Waals surface area (Å²) in [5.41, 5.74) is 6.36. The number of fused-ring (bicyclic) bond motifs is 1. The molecule has 0 bridgehead atoms. The molecule has 0 aliphatic carbocycles. The molecule has 2 heterocycles. The van der Waals surface area contributed by atoms with E-state index < -0.39 is 0 Å². The predicted octanol–water partition coefficient (Wildman–Crippen LogP) is 3.07. The topological polar surface area (TPSA) is 73.1 Å². The van der Waals surface area contributed by atoms with Crippen LogP contribution in [0.5, 0.6) is 5.75 Å². The SMILES string of the molecule is Cc1cc2c(NCCOc3ccc(N)cc3)ncnc2s1. The van der Waals surface area contributed by atoms with Gasteiger partial charge in [-0.3, -0.25) is 0 Å². The molecule has 0 amide bonds. The Bertz CT molecular complexity index is 739. The van der Waals surface area contributed by atoms with Crippen molar-refractivity contribution in [3.8, 4) is 5.75 Å². The molecule has 6 heteroatoms. The lowest BCUT2D eigenvalue weighted by atomic mass is 10.3. The first-order valence-electron chi connectivity index (χ1n) is 6.66. The Labute approximate surface area is 126 Å². The number of nitrogens with two attached hydrogens (primary N) is 1. The van der Waals surface area contributed by atoms with Gasteiger partial charge in [-0.05, 0) is 37.3 Å². The quantitative estimate of drug-likeness (QED) is 0.559. The third-order valence-electron chi connectivity index (χ3n) is 3.00. The Morgan fingerprint density at radius 3 is 2.86 bits per heavy atom. The zero-order chi connectivity index (χ0) is 14.7. The molecule has 0 unspecified atom stereocenters. The second-order valence-corrected chi connectivity index (χ2v) is 5.88. The molecule has 0 atom stereocenters. The third-order valence-corrected chi connectivity index (χ3v) is 3.95. The van der Waals surface area contributed by atoms with Gasteiger partial charge >= 0.3 is 0 Å². The van der Waals surface area contributed by atoms with Gasteiger partial charge in [0.2, 0.25) is 0 Å². The van der Waals surface area contributed by atoms with E-state index in [2.05, 4.69) is 28.3 Å². The van der Waals surface area contributed by atoms with Crippen LogP contribution in [0.25, 0.3) is 10.2 Å². The zero-order valence-electron chi connectivity index (χ0n) is 11.7. The van der Waals surface area contributed by atoms with Crippen LogP contribution in [0.15, 0.2) is 36.7 Å². The van der Waals surface area contributed by atoms with Gasteiger partial charge in [0, 0.05) is 10.6 Å². The highest BCUT2D eigenvalue weighted by molar-refractivity contribution is 7.18. The second-order valence-electron chi connectivity index (χ2n) is 4.64. The lowest BCUT2D eigenvalue weighted by Gasteiger charge is -2.08. The molecule has 0 aliphatic rings. The summed E-state index contributed by atoms with van der Waals surface area (Å²) < 4.78 is 5.64. The van der Waals surface area contributed by atoms with E-state index in [0.717, 1.165) is 27.5 Å². The monoisotopic (exact) mass is 300 g/mol. The molecule has 0 saturated heterocycles. The fourth-order valence-electron chi connectivity index (χ4n) is 2.02. The van der Waals surface area contributed by atoms with Crippen LogP contribution in [0.2, 0.25) is 0 Å². The minimum absolute atomic E-state index is 0.554. The molecule has 0 aliphatic heterocycles. The van der Waals surface area contributed by atoms with Crippen LogP contribution in [-0.4, -0.2) is 23.1 Å². The molecule has 3 aromatic rings. The maximum atomic E-state index is 5.64. The average molecular weight is 300 g/mol. The van der Waals surface area contributed by atoms with Crippen LogP contribution in [0, 0.1) is 6.92 Å². The van der Waals surface area contributed by atoms with Crippen molar-refractivity contribution in [2.75, 3.05) is 24.2 Å². The van der Waals surface area contributed by atoms with Gasteiger partial charge in [-0.1, -0.05) is 0 Å². The standard InChI is InChI=1S/C15H16N4OS/c1-10-8-13-14(18-9-19-15(13)21-10)17-6-7-20-12-4-2-11(16)3-5-12/h2-5,8-9H,6-7,16H2,1H3,(H,17,18,19). The average Bonchev–Trinajstić information content (AvgIpc) is 2.86. The zero-order valence-corrected chi connectivity index (χ0v) is 12.5. The van der Waals surface area contributed by atoms with Crippen molar-refractivity contribution in [2.24, 2.45) is 0 Å². The van der Waals surface area contributed by atoms with E-state index in [9.17, 15) is 0 Å². The molecular weight excluding hydrogens is 284 g/mol. The smallest absolute Gasteiger partial charge is 0.138 e. The summed E-state index contributed by atoms with van der Waals surface area (Å²) in [7, 11) is 0. The Hall–Kier alpha value is -2.34. The van der Waals surface area contributed by atoms with E-state index in [1.807, 2.05) is 24.3 Å². The van der Waals surface area contributed by atoms with Crippen molar-refractivity contribution in [1.29, 1.82) is 0 Å². The highest BCUT2D eigenvalue weighted by Gasteiger charge is 2.06. The molecule has 0 radical (unpaired) electrons. The van der Waals surface area contributed by atoms with Crippen molar-refractivity contribution in [2.45, 2.75) is 6.92 Å². The molecule has 2 aromatic heterocycles. The summed E-state index contributed by atoms with van der Waals surface area (Å²) in [4.78, 5) is 10.8. The molecule has 5 nitrogen and oxygen atoms in total. The van der Waals surface area contributed by atoms with Crippen molar-refractivity contribution in [3.63, 3.8) is 0 Å². The summed E-state index contributed by atoms with van der Waals surface area (Å²) in [6.45, 7) is 3.30. The number of aromatic nitrogens is 2. The van der Waals surface area contributed by atoms with Crippen LogP contribution in [0.1, 0.15) is 4.88 Å². The maximum Gasteiger partial charge on any atom is 0.138 e. The summed E-state index contributed by atoms with van der Waals surface area (Å²) in [6.07, 6.45) is 1.58. The Balaban J connectivity index is 1.58. The van der Waals surface area contributed by atoms with Crippen molar-refractivity contribution in [1.82, 2.24) is 9.97 Å². The molecule has 0 saturated carbocycles. The van der Waals surface area contributed by atoms with E-state index >= 15 is 0 Å². The van der Waals surface area contributed by atoms with Gasteiger partial charge in [-0.15, -0.1) is 11.3 Å². The first-order valence-corrected chi connectivity index (χ1v) is 7.47. The van der Waals surface area contributed by atoms with Crippen molar-refractivity contribution in [3.05, 3.63) is 41.5 Å². The minimum atomic E-state index is 0.554. The van der Waals surface area contributed by atoms with Gasteiger partial charge in [0.15, 0.2) is 0 Å². The lowest BCUT2D eigenvalue weighted by Crippen LogP contribution is -2.12.